The third kappa shape index (κ3) is 3.90. The standard InChI is InChI=1S/C16H27N5O3S.ClH/c1-11-9-17-6-8-21(11)16(22)14-5-4-7-20(10-14)25(23,24)15-12(2)18-19-13(15)3;/h11,14,17H,4-10H2,1-3H3,(H,18,19);1H/t11-,14?;/m1./s1. The number of hydrogen-bond acceptors (Lipinski definition) is 5. The number of sulfonamides is 1. The smallest absolute Gasteiger partial charge is 0.246 e. The third-order valence-corrected chi connectivity index (χ3v) is 7.31. The molecule has 0 radical (unpaired) electrons. The van der Waals surface area contributed by atoms with Crippen LogP contribution in [0.1, 0.15) is 31.2 Å². The number of nitrogens with zero attached hydrogens (tertiary/aromatic N) is 3. The maximum atomic E-state index is 13.0. The summed E-state index contributed by atoms with van der Waals surface area (Å²) in [4.78, 5) is 15.1. The molecule has 0 aromatic carbocycles. The topological polar surface area (TPSA) is 98.4 Å². The summed E-state index contributed by atoms with van der Waals surface area (Å²) in [6.45, 7) is 8.39. The molecule has 1 aromatic rings. The lowest BCUT2D eigenvalue weighted by molar-refractivity contribution is -0.139. The highest BCUT2D eigenvalue weighted by Gasteiger charge is 2.38. The monoisotopic (exact) mass is 405 g/mol. The minimum absolute atomic E-state index is 0. The summed E-state index contributed by atoms with van der Waals surface area (Å²) in [5, 5.41) is 10.0. The average Bonchev–Trinajstić information content (AvgIpc) is 2.94. The SMILES string of the molecule is Cc1n[nH]c(C)c1S(=O)(=O)N1CCCC(C(=O)N2CCNC[C@H]2C)C1.Cl. The van der Waals surface area contributed by atoms with Crippen molar-refractivity contribution in [3.8, 4) is 0 Å². The van der Waals surface area contributed by atoms with Crippen LogP contribution in [-0.2, 0) is 14.8 Å². The first kappa shape index (κ1) is 21.1. The Morgan fingerprint density at radius 3 is 2.62 bits per heavy atom. The van der Waals surface area contributed by atoms with E-state index in [4.69, 9.17) is 0 Å². The van der Waals surface area contributed by atoms with Crippen LogP contribution in [0.5, 0.6) is 0 Å². The molecule has 8 nitrogen and oxygen atoms in total. The number of hydrogen-bond donors (Lipinski definition) is 2. The maximum absolute atomic E-state index is 13.0. The number of H-pyrrole nitrogens is 1. The maximum Gasteiger partial charge on any atom is 0.246 e. The molecule has 0 aliphatic carbocycles. The molecule has 0 spiro atoms. The summed E-state index contributed by atoms with van der Waals surface area (Å²) < 4.78 is 27.5. The zero-order valence-corrected chi connectivity index (χ0v) is 17.1. The van der Waals surface area contributed by atoms with Gasteiger partial charge in [0.1, 0.15) is 4.90 Å². The number of halogens is 1. The van der Waals surface area contributed by atoms with Gasteiger partial charge in [0.2, 0.25) is 15.9 Å². The van der Waals surface area contributed by atoms with Gasteiger partial charge in [-0.25, -0.2) is 8.42 Å². The van der Waals surface area contributed by atoms with E-state index >= 15 is 0 Å². The second-order valence-corrected chi connectivity index (χ2v) is 8.92. The Morgan fingerprint density at radius 2 is 2.00 bits per heavy atom. The number of aromatic nitrogens is 2. The Bertz CT molecular complexity index is 732. The van der Waals surface area contributed by atoms with E-state index in [0.29, 0.717) is 30.9 Å². The van der Waals surface area contributed by atoms with Crippen molar-refractivity contribution in [3.63, 3.8) is 0 Å². The van der Waals surface area contributed by atoms with Crippen LogP contribution in [0.15, 0.2) is 4.90 Å². The van der Waals surface area contributed by atoms with E-state index in [0.717, 1.165) is 19.5 Å². The van der Waals surface area contributed by atoms with Crippen molar-refractivity contribution >= 4 is 28.3 Å². The molecule has 2 saturated heterocycles. The molecule has 148 valence electrons. The van der Waals surface area contributed by atoms with Crippen LogP contribution in [0.2, 0.25) is 0 Å². The second kappa shape index (κ2) is 8.24. The largest absolute Gasteiger partial charge is 0.337 e. The first-order chi connectivity index (χ1) is 11.8. The van der Waals surface area contributed by atoms with E-state index in [-0.39, 0.29) is 41.7 Å². The van der Waals surface area contributed by atoms with Crippen molar-refractivity contribution in [2.24, 2.45) is 5.92 Å². The van der Waals surface area contributed by atoms with Gasteiger partial charge in [-0.1, -0.05) is 0 Å². The predicted molar refractivity (Wildman–Crippen MR) is 101 cm³/mol. The number of amides is 1. The minimum atomic E-state index is -3.63. The number of rotatable bonds is 3. The van der Waals surface area contributed by atoms with Crippen molar-refractivity contribution in [2.75, 3.05) is 32.7 Å². The van der Waals surface area contributed by atoms with Gasteiger partial charge in [0.15, 0.2) is 0 Å². The number of carbonyl (C=O) groups excluding carboxylic acids is 1. The van der Waals surface area contributed by atoms with Crippen molar-refractivity contribution in [1.82, 2.24) is 24.7 Å². The van der Waals surface area contributed by atoms with E-state index in [2.05, 4.69) is 15.5 Å². The van der Waals surface area contributed by atoms with Gasteiger partial charge in [-0.15, -0.1) is 12.4 Å². The lowest BCUT2D eigenvalue weighted by atomic mass is 9.97. The highest BCUT2D eigenvalue weighted by molar-refractivity contribution is 7.89. The van der Waals surface area contributed by atoms with Crippen molar-refractivity contribution in [2.45, 2.75) is 44.6 Å². The first-order valence-electron chi connectivity index (χ1n) is 8.85. The summed E-state index contributed by atoms with van der Waals surface area (Å²) in [6.07, 6.45) is 1.44. The van der Waals surface area contributed by atoms with E-state index < -0.39 is 10.0 Å². The van der Waals surface area contributed by atoms with Crippen LogP contribution >= 0.6 is 12.4 Å². The molecule has 1 amide bonds. The molecule has 3 heterocycles. The van der Waals surface area contributed by atoms with Crippen LogP contribution in [0.4, 0.5) is 0 Å². The molecule has 3 rings (SSSR count). The Balaban J connectivity index is 0.00000243. The van der Waals surface area contributed by atoms with Gasteiger partial charge in [-0.3, -0.25) is 9.89 Å². The third-order valence-electron chi connectivity index (χ3n) is 5.18. The fourth-order valence-corrected chi connectivity index (χ4v) is 5.67. The number of nitrogens with one attached hydrogen (secondary N) is 2. The quantitative estimate of drug-likeness (QED) is 0.770. The second-order valence-electron chi connectivity index (χ2n) is 7.05. The zero-order chi connectivity index (χ0) is 18.2. The number of piperazine rings is 1. The number of aryl methyl sites for hydroxylation is 2. The van der Waals surface area contributed by atoms with Crippen LogP contribution in [0, 0.1) is 19.8 Å². The molecule has 0 bridgehead atoms. The van der Waals surface area contributed by atoms with Crippen molar-refractivity contribution in [3.05, 3.63) is 11.4 Å². The summed E-state index contributed by atoms with van der Waals surface area (Å²) in [5.74, 6) is -0.189. The highest BCUT2D eigenvalue weighted by atomic mass is 35.5. The highest BCUT2D eigenvalue weighted by Crippen LogP contribution is 2.28. The van der Waals surface area contributed by atoms with E-state index in [1.807, 2.05) is 11.8 Å². The predicted octanol–water partition coefficient (Wildman–Crippen LogP) is 0.669. The minimum Gasteiger partial charge on any atom is -0.337 e. The summed E-state index contributed by atoms with van der Waals surface area (Å²) in [7, 11) is -3.63. The van der Waals surface area contributed by atoms with Crippen molar-refractivity contribution in [1.29, 1.82) is 0 Å². The number of aromatic amines is 1. The lowest BCUT2D eigenvalue weighted by Gasteiger charge is -2.39. The molecule has 2 aliphatic heterocycles. The summed E-state index contributed by atoms with van der Waals surface area (Å²) in [6, 6.07) is 0.145. The van der Waals surface area contributed by atoms with E-state index in [1.54, 1.807) is 13.8 Å². The van der Waals surface area contributed by atoms with Gasteiger partial charge < -0.3 is 10.2 Å². The molecule has 26 heavy (non-hydrogen) atoms. The molecule has 10 heteroatoms. The normalized spacial score (nSPS) is 25.0. The summed E-state index contributed by atoms with van der Waals surface area (Å²) >= 11 is 0. The van der Waals surface area contributed by atoms with Gasteiger partial charge in [-0.2, -0.15) is 9.40 Å². The Hall–Kier alpha value is -1.16. The molecule has 2 aliphatic rings. The van der Waals surface area contributed by atoms with E-state index in [9.17, 15) is 13.2 Å². The van der Waals surface area contributed by atoms with Gasteiger partial charge in [0.05, 0.1) is 17.3 Å². The van der Waals surface area contributed by atoms with Crippen LogP contribution in [0.25, 0.3) is 0 Å². The first-order valence-corrected chi connectivity index (χ1v) is 10.3. The van der Waals surface area contributed by atoms with Crippen LogP contribution in [-0.4, -0.2) is 72.5 Å². The lowest BCUT2D eigenvalue weighted by Crippen LogP contribution is -2.55. The molecular formula is C16H28ClN5O3S. The molecule has 1 aromatic heterocycles. The Morgan fingerprint density at radius 1 is 1.27 bits per heavy atom. The fraction of sp³-hybridized carbons (Fsp3) is 0.750. The van der Waals surface area contributed by atoms with Crippen LogP contribution in [0.3, 0.4) is 0 Å². The molecule has 2 fully saturated rings. The van der Waals surface area contributed by atoms with Gasteiger partial charge in [0, 0.05) is 38.8 Å². The number of carbonyl (C=O) groups is 1. The number of piperidine rings is 1. The Labute approximate surface area is 161 Å². The van der Waals surface area contributed by atoms with Gasteiger partial charge >= 0.3 is 0 Å². The van der Waals surface area contributed by atoms with E-state index in [1.165, 1.54) is 4.31 Å². The zero-order valence-electron chi connectivity index (χ0n) is 15.5. The molecule has 2 N–H and O–H groups in total. The summed E-state index contributed by atoms with van der Waals surface area (Å²) in [5.41, 5.74) is 1.02. The average molecular weight is 406 g/mol. The van der Waals surface area contributed by atoms with Gasteiger partial charge in [0.25, 0.3) is 0 Å². The Kier molecular flexibility index (Phi) is 6.70. The van der Waals surface area contributed by atoms with Gasteiger partial charge in [-0.05, 0) is 33.6 Å². The molecule has 0 saturated carbocycles. The molecule has 2 atom stereocenters. The molecule has 1 unspecified atom stereocenters. The van der Waals surface area contributed by atoms with Crippen molar-refractivity contribution < 1.29 is 13.2 Å². The fourth-order valence-electron chi connectivity index (χ4n) is 3.82. The van der Waals surface area contributed by atoms with Crippen LogP contribution < -0.4 is 5.32 Å². The molecular weight excluding hydrogens is 378 g/mol.